The smallest absolute Gasteiger partial charge is 0.422 e. The Morgan fingerprint density at radius 3 is 2.61 bits per heavy atom. The maximum atomic E-state index is 13.6. The summed E-state index contributed by atoms with van der Waals surface area (Å²) in [6, 6.07) is 5.00. The van der Waals surface area contributed by atoms with Gasteiger partial charge in [0.05, 0.1) is 16.8 Å². The van der Waals surface area contributed by atoms with Crippen molar-refractivity contribution in [2.75, 3.05) is 13.7 Å². The van der Waals surface area contributed by atoms with Crippen LogP contribution in [0.15, 0.2) is 71.5 Å². The molecule has 7 nitrogen and oxygen atoms in total. The van der Waals surface area contributed by atoms with Gasteiger partial charge in [0.1, 0.15) is 5.69 Å². The van der Waals surface area contributed by atoms with Crippen LogP contribution in [0.25, 0.3) is 27.7 Å². The molecule has 0 spiro atoms. The highest BCUT2D eigenvalue weighted by Gasteiger charge is 2.29. The first-order valence-electron chi connectivity index (χ1n) is 10.4. The third-order valence-corrected chi connectivity index (χ3v) is 5.13. The van der Waals surface area contributed by atoms with E-state index in [0.717, 1.165) is 12.3 Å². The minimum Gasteiger partial charge on any atom is -0.468 e. The van der Waals surface area contributed by atoms with Gasteiger partial charge >= 0.3 is 6.18 Å². The van der Waals surface area contributed by atoms with Gasteiger partial charge in [0.25, 0.3) is 12.0 Å². The number of nitrogens with zero attached hydrogens (tertiary/aromatic N) is 3. The molecule has 186 valence electrons. The largest absolute Gasteiger partial charge is 0.468 e. The number of rotatable bonds is 6. The fourth-order valence-electron chi connectivity index (χ4n) is 3.52. The molecule has 0 unspecified atom stereocenters. The lowest BCUT2D eigenvalue weighted by atomic mass is 10.0. The van der Waals surface area contributed by atoms with Crippen molar-refractivity contribution in [1.82, 2.24) is 19.9 Å². The molecule has 3 aromatic rings. The molecule has 0 atom stereocenters. The summed E-state index contributed by atoms with van der Waals surface area (Å²) in [4.78, 5) is 21.5. The molecule has 4 rings (SSSR count). The van der Waals surface area contributed by atoms with Gasteiger partial charge in [-0.1, -0.05) is 6.07 Å². The predicted octanol–water partition coefficient (Wildman–Crippen LogP) is 4.87. The Morgan fingerprint density at radius 2 is 1.97 bits per heavy atom. The first kappa shape index (κ1) is 24.8. The van der Waals surface area contributed by atoms with Gasteiger partial charge in [0.15, 0.2) is 6.61 Å². The monoisotopic (exact) mass is 503 g/mol. The molecule has 0 bridgehead atoms. The first-order chi connectivity index (χ1) is 17.1. The molecule has 0 radical (unpaired) electrons. The molecule has 0 amide bonds. The number of ether oxygens (including phenoxy) is 1. The topological polar surface area (TPSA) is 92.9 Å². The number of allylic oxidation sites excluding steroid dienone is 5. The number of hydrogen-bond acceptors (Lipinski definition) is 6. The van der Waals surface area contributed by atoms with E-state index in [4.69, 9.17) is 10.1 Å². The van der Waals surface area contributed by atoms with E-state index >= 15 is 0 Å². The molecule has 0 saturated carbocycles. The van der Waals surface area contributed by atoms with E-state index in [1.165, 1.54) is 35.0 Å². The van der Waals surface area contributed by atoms with Crippen molar-refractivity contribution < 1.29 is 26.7 Å². The van der Waals surface area contributed by atoms with Crippen LogP contribution in [0.2, 0.25) is 0 Å². The number of nitrogens with one attached hydrogen (secondary N) is 2. The summed E-state index contributed by atoms with van der Waals surface area (Å²) in [5, 5.41) is 11.2. The normalized spacial score (nSPS) is 15.0. The maximum absolute atomic E-state index is 13.6. The van der Waals surface area contributed by atoms with Crippen molar-refractivity contribution in [3.8, 4) is 17.0 Å². The lowest BCUT2D eigenvalue weighted by Crippen LogP contribution is -2.23. The van der Waals surface area contributed by atoms with E-state index in [0.29, 0.717) is 16.7 Å². The average Bonchev–Trinajstić information content (AvgIpc) is 2.83. The molecule has 3 aromatic heterocycles. The number of fused-ring (bicyclic) bond motifs is 1. The van der Waals surface area contributed by atoms with Crippen molar-refractivity contribution in [2.24, 2.45) is 0 Å². The summed E-state index contributed by atoms with van der Waals surface area (Å²) in [7, 11) is 1.66. The van der Waals surface area contributed by atoms with Gasteiger partial charge in [-0.3, -0.25) is 14.3 Å². The van der Waals surface area contributed by atoms with Crippen molar-refractivity contribution in [2.45, 2.75) is 12.6 Å². The molecule has 36 heavy (non-hydrogen) atoms. The van der Waals surface area contributed by atoms with Gasteiger partial charge in [0.2, 0.25) is 5.88 Å². The number of aromatic nitrogens is 3. The van der Waals surface area contributed by atoms with E-state index in [1.54, 1.807) is 25.4 Å². The minimum absolute atomic E-state index is 0.0154. The highest BCUT2D eigenvalue weighted by Crippen LogP contribution is 2.29. The second-order valence-electron chi connectivity index (χ2n) is 7.65. The third-order valence-electron chi connectivity index (χ3n) is 5.13. The van der Waals surface area contributed by atoms with Crippen LogP contribution in [-0.4, -0.2) is 40.1 Å². The van der Waals surface area contributed by atoms with Crippen molar-refractivity contribution >= 4 is 22.3 Å². The van der Waals surface area contributed by atoms with Crippen LogP contribution < -0.4 is 15.6 Å². The van der Waals surface area contributed by atoms with Gasteiger partial charge in [0, 0.05) is 53.9 Å². The highest BCUT2D eigenvalue weighted by atomic mass is 19.4. The van der Waals surface area contributed by atoms with Gasteiger partial charge in [-0.05, 0) is 30.4 Å². The Hall–Kier alpha value is -4.35. The Labute approximate surface area is 200 Å². The Balaban J connectivity index is 1.93. The minimum atomic E-state index is -4.59. The van der Waals surface area contributed by atoms with Gasteiger partial charge in [-0.15, -0.1) is 0 Å². The molecule has 3 heterocycles. The number of hydrogen-bond donors (Lipinski definition) is 2. The molecule has 1 aliphatic rings. The molecular formula is C24H18F5N5O2. The lowest BCUT2D eigenvalue weighted by molar-refractivity contribution is -0.154. The zero-order chi connectivity index (χ0) is 26.0. The summed E-state index contributed by atoms with van der Waals surface area (Å²) in [5.41, 5.74) is 0.0811. The quantitative estimate of drug-likeness (QED) is 0.469. The predicted molar refractivity (Wildman–Crippen MR) is 124 cm³/mol. The van der Waals surface area contributed by atoms with Crippen LogP contribution in [-0.2, 0) is 0 Å². The summed E-state index contributed by atoms with van der Waals surface area (Å²) >= 11 is 0. The van der Waals surface area contributed by atoms with Crippen LogP contribution in [0.1, 0.15) is 12.1 Å². The molecule has 2 N–H and O–H groups in total. The van der Waals surface area contributed by atoms with Crippen LogP contribution in [0.5, 0.6) is 5.88 Å². The van der Waals surface area contributed by atoms with Gasteiger partial charge in [-0.25, -0.2) is 13.8 Å². The van der Waals surface area contributed by atoms with Crippen LogP contribution in [0.3, 0.4) is 0 Å². The summed E-state index contributed by atoms with van der Waals surface area (Å²) in [6.07, 6.45) is 1.35. The Morgan fingerprint density at radius 1 is 1.19 bits per heavy atom. The molecule has 0 aromatic carbocycles. The van der Waals surface area contributed by atoms with Crippen molar-refractivity contribution in [3.05, 3.63) is 82.7 Å². The number of alkyl halides is 5. The van der Waals surface area contributed by atoms with E-state index in [-0.39, 0.29) is 28.2 Å². The summed E-state index contributed by atoms with van der Waals surface area (Å²) in [6.45, 7) is -1.58. The Kier molecular flexibility index (Phi) is 6.69. The molecule has 1 aliphatic carbocycles. The van der Waals surface area contributed by atoms with Gasteiger partial charge in [-0.2, -0.15) is 13.2 Å². The van der Waals surface area contributed by atoms with Crippen LogP contribution in [0.4, 0.5) is 22.0 Å². The van der Waals surface area contributed by atoms with Gasteiger partial charge < -0.3 is 15.5 Å². The fourth-order valence-corrected chi connectivity index (χ4v) is 3.52. The molecule has 0 aliphatic heterocycles. The van der Waals surface area contributed by atoms with Crippen molar-refractivity contribution in [3.63, 3.8) is 0 Å². The van der Waals surface area contributed by atoms with E-state index in [2.05, 4.69) is 15.3 Å². The Bertz CT molecular complexity index is 1470. The average molecular weight is 503 g/mol. The lowest BCUT2D eigenvalue weighted by Gasteiger charge is -2.16. The highest BCUT2D eigenvalue weighted by molar-refractivity contribution is 6.12. The molecule has 12 heteroatoms. The summed E-state index contributed by atoms with van der Waals surface area (Å²) in [5.74, 6) is -0.361. The fraction of sp³-hybridized carbons (Fsp3) is 0.167. The number of pyridine rings is 3. The zero-order valence-corrected chi connectivity index (χ0v) is 18.6. The molecule has 0 saturated heterocycles. The summed E-state index contributed by atoms with van der Waals surface area (Å²) < 4.78 is 69.9. The maximum Gasteiger partial charge on any atom is 0.422 e. The second-order valence-corrected chi connectivity index (χ2v) is 7.65. The molecule has 0 fully saturated rings. The standard InChI is InChI=1S/C24H18F5N5O2/c1-31-9-15-8-16(4-5-17(15)30)34-11-14-3-7-19(36-12-24(27,28)29)33-21(14)20(23(34)35)13-2-6-18(22(25)26)32-10-13/h2-11,22,30-31H,12H2,1H3/b15-9-,30-17?. The number of halogens is 5. The van der Waals surface area contributed by atoms with E-state index < -0.39 is 30.5 Å². The van der Waals surface area contributed by atoms with Crippen LogP contribution >= 0.6 is 0 Å². The third kappa shape index (κ3) is 5.16. The van der Waals surface area contributed by atoms with Crippen LogP contribution in [0, 0.1) is 5.41 Å². The van der Waals surface area contributed by atoms with E-state index in [1.807, 2.05) is 0 Å². The second kappa shape index (κ2) is 9.72. The molecular weight excluding hydrogens is 485 g/mol. The van der Waals surface area contributed by atoms with Crippen molar-refractivity contribution in [1.29, 1.82) is 5.41 Å². The zero-order valence-electron chi connectivity index (χ0n) is 18.6. The van der Waals surface area contributed by atoms with E-state index in [9.17, 15) is 26.7 Å². The first-order valence-corrected chi connectivity index (χ1v) is 10.4. The SMILES string of the molecule is CN/C=C1/C=C(n2cc3ccc(OCC(F)(F)F)nc3c(-c3ccc(C(F)F)nc3)c2=O)C=CC1=N.